The summed E-state index contributed by atoms with van der Waals surface area (Å²) in [7, 11) is 0. The number of benzene rings is 1. The molecule has 2 rings (SSSR count). The van der Waals surface area contributed by atoms with E-state index in [0.717, 1.165) is 5.56 Å². The normalized spacial score (nSPS) is 10.8. The lowest BCUT2D eigenvalue weighted by Crippen LogP contribution is -1.93. The minimum absolute atomic E-state index is 0.166. The number of carbonyl (C=O) groups is 1. The average molecular weight is 216 g/mol. The fourth-order valence-corrected chi connectivity index (χ4v) is 1.25. The third-order valence-corrected chi connectivity index (χ3v) is 2.10. The maximum absolute atomic E-state index is 12.6. The van der Waals surface area contributed by atoms with Crippen molar-refractivity contribution in [3.8, 4) is 0 Å². The highest BCUT2D eigenvalue weighted by atomic mass is 19.1. The number of hydrogen-bond acceptors (Lipinski definition) is 2. The number of halogens is 1. The van der Waals surface area contributed by atoms with Crippen LogP contribution in [0.2, 0.25) is 0 Å². The van der Waals surface area contributed by atoms with E-state index in [9.17, 15) is 9.18 Å². The number of ketones is 1. The van der Waals surface area contributed by atoms with Crippen LogP contribution in [0.15, 0.2) is 53.4 Å². The third-order valence-electron chi connectivity index (χ3n) is 2.10. The van der Waals surface area contributed by atoms with Crippen molar-refractivity contribution in [2.45, 2.75) is 0 Å². The summed E-state index contributed by atoms with van der Waals surface area (Å²) in [4.78, 5) is 11.6. The largest absolute Gasteiger partial charge is 0.472 e. The zero-order valence-corrected chi connectivity index (χ0v) is 8.39. The molecule has 0 atom stereocenters. The summed E-state index contributed by atoms with van der Waals surface area (Å²) in [6, 6.07) is 7.18. The summed E-state index contributed by atoms with van der Waals surface area (Å²) in [6.07, 6.45) is 6.14. The molecule has 2 nitrogen and oxygen atoms in total. The van der Waals surface area contributed by atoms with E-state index in [1.54, 1.807) is 12.1 Å². The molecule has 0 radical (unpaired) electrons. The second-order valence-electron chi connectivity index (χ2n) is 3.26. The van der Waals surface area contributed by atoms with Gasteiger partial charge in [0.2, 0.25) is 0 Å². The molecule has 0 saturated carbocycles. The lowest BCUT2D eigenvalue weighted by atomic mass is 10.1. The molecule has 16 heavy (non-hydrogen) atoms. The topological polar surface area (TPSA) is 30.2 Å². The fraction of sp³-hybridized carbons (Fsp3) is 0. The highest BCUT2D eigenvalue weighted by Gasteiger charge is 2.01. The van der Waals surface area contributed by atoms with Crippen LogP contribution in [0.5, 0.6) is 0 Å². The van der Waals surface area contributed by atoms with Crippen LogP contribution in [0.4, 0.5) is 4.39 Å². The summed E-state index contributed by atoms with van der Waals surface area (Å²) < 4.78 is 17.5. The van der Waals surface area contributed by atoms with Gasteiger partial charge in [0.1, 0.15) is 5.82 Å². The predicted molar refractivity (Wildman–Crippen MR) is 58.5 cm³/mol. The first-order valence-corrected chi connectivity index (χ1v) is 4.76. The predicted octanol–water partition coefficient (Wildman–Crippen LogP) is 3.31. The minimum atomic E-state index is -0.352. The Hall–Kier alpha value is -2.16. The average Bonchev–Trinajstić information content (AvgIpc) is 2.80. The first-order chi connectivity index (χ1) is 7.75. The molecule has 80 valence electrons. The van der Waals surface area contributed by atoms with Crippen LogP contribution in [-0.4, -0.2) is 5.78 Å². The minimum Gasteiger partial charge on any atom is -0.472 e. The maximum Gasteiger partial charge on any atom is 0.185 e. The van der Waals surface area contributed by atoms with Crippen molar-refractivity contribution in [3.05, 3.63) is 65.9 Å². The molecule has 0 fully saturated rings. The van der Waals surface area contributed by atoms with Gasteiger partial charge in [-0.05, 0) is 42.5 Å². The lowest BCUT2D eigenvalue weighted by molar-refractivity contribution is 0.104. The number of allylic oxidation sites excluding steroid dienone is 1. The smallest absolute Gasteiger partial charge is 0.185 e. The molecule has 0 amide bonds. The Labute approximate surface area is 92.0 Å². The van der Waals surface area contributed by atoms with E-state index in [1.165, 1.54) is 42.9 Å². The molecule has 0 spiro atoms. The standard InChI is InChI=1S/C13H9FO2/c14-12-4-2-11(3-5-12)13(15)6-1-10-7-8-16-9-10/h1-9H/b6-1+. The molecule has 1 aromatic heterocycles. The van der Waals surface area contributed by atoms with Crippen molar-refractivity contribution in [3.63, 3.8) is 0 Å². The molecule has 0 bridgehead atoms. The van der Waals surface area contributed by atoms with E-state index in [-0.39, 0.29) is 11.6 Å². The first kappa shape index (κ1) is 10.4. The van der Waals surface area contributed by atoms with Gasteiger partial charge < -0.3 is 4.42 Å². The summed E-state index contributed by atoms with van der Waals surface area (Å²) in [6.45, 7) is 0. The van der Waals surface area contributed by atoms with Crippen molar-refractivity contribution < 1.29 is 13.6 Å². The molecule has 0 aliphatic heterocycles. The van der Waals surface area contributed by atoms with Crippen LogP contribution in [0, 0.1) is 5.82 Å². The van der Waals surface area contributed by atoms with Crippen LogP contribution < -0.4 is 0 Å². The second-order valence-corrected chi connectivity index (χ2v) is 3.26. The van der Waals surface area contributed by atoms with Crippen LogP contribution in [-0.2, 0) is 0 Å². The number of furan rings is 1. The fourth-order valence-electron chi connectivity index (χ4n) is 1.25. The van der Waals surface area contributed by atoms with Crippen LogP contribution in [0.1, 0.15) is 15.9 Å². The molecule has 0 unspecified atom stereocenters. The summed E-state index contributed by atoms with van der Waals surface area (Å²) in [5.41, 5.74) is 1.27. The quantitative estimate of drug-likeness (QED) is 0.582. The van der Waals surface area contributed by atoms with E-state index >= 15 is 0 Å². The molecule has 0 aliphatic carbocycles. The zero-order chi connectivity index (χ0) is 11.4. The van der Waals surface area contributed by atoms with Crippen molar-refractivity contribution in [1.82, 2.24) is 0 Å². The number of carbonyl (C=O) groups excluding carboxylic acids is 1. The van der Waals surface area contributed by atoms with Gasteiger partial charge in [-0.15, -0.1) is 0 Å². The zero-order valence-electron chi connectivity index (χ0n) is 8.39. The first-order valence-electron chi connectivity index (χ1n) is 4.76. The Kier molecular flexibility index (Phi) is 2.96. The van der Waals surface area contributed by atoms with Crippen LogP contribution in [0.3, 0.4) is 0 Å². The van der Waals surface area contributed by atoms with Gasteiger partial charge in [0.15, 0.2) is 5.78 Å². The van der Waals surface area contributed by atoms with Crippen LogP contribution >= 0.6 is 0 Å². The van der Waals surface area contributed by atoms with E-state index in [4.69, 9.17) is 4.42 Å². The SMILES string of the molecule is O=C(/C=C/c1ccoc1)c1ccc(F)cc1. The van der Waals surface area contributed by atoms with Gasteiger partial charge in [-0.3, -0.25) is 4.79 Å². The van der Waals surface area contributed by atoms with Gasteiger partial charge in [0.05, 0.1) is 12.5 Å². The van der Waals surface area contributed by atoms with Crippen molar-refractivity contribution in [2.24, 2.45) is 0 Å². The Morgan fingerprint density at radius 1 is 1.19 bits per heavy atom. The number of rotatable bonds is 3. The molecule has 1 heterocycles. The molecule has 0 N–H and O–H groups in total. The molecule has 2 aromatic rings. The van der Waals surface area contributed by atoms with Gasteiger partial charge in [0.25, 0.3) is 0 Å². The van der Waals surface area contributed by atoms with Gasteiger partial charge in [0, 0.05) is 11.1 Å². The lowest BCUT2D eigenvalue weighted by Gasteiger charge is -1.94. The highest BCUT2D eigenvalue weighted by molar-refractivity contribution is 6.06. The maximum atomic E-state index is 12.6. The van der Waals surface area contributed by atoms with Crippen LogP contribution in [0.25, 0.3) is 6.08 Å². The number of hydrogen-bond donors (Lipinski definition) is 0. The van der Waals surface area contributed by atoms with E-state index in [0.29, 0.717) is 5.56 Å². The summed E-state index contributed by atoms with van der Waals surface area (Å²) >= 11 is 0. The van der Waals surface area contributed by atoms with Crippen molar-refractivity contribution in [2.75, 3.05) is 0 Å². The van der Waals surface area contributed by atoms with Gasteiger partial charge in [-0.25, -0.2) is 4.39 Å². The molecule has 0 saturated heterocycles. The highest BCUT2D eigenvalue weighted by Crippen LogP contribution is 2.07. The molecular formula is C13H9FO2. The van der Waals surface area contributed by atoms with Gasteiger partial charge in [-0.1, -0.05) is 0 Å². The van der Waals surface area contributed by atoms with E-state index < -0.39 is 0 Å². The van der Waals surface area contributed by atoms with Crippen molar-refractivity contribution >= 4 is 11.9 Å². The Bertz CT molecular complexity index is 495. The summed E-state index contributed by atoms with van der Waals surface area (Å²) in [5.74, 6) is -0.517. The molecule has 0 aliphatic rings. The monoisotopic (exact) mass is 216 g/mol. The van der Waals surface area contributed by atoms with E-state index in [2.05, 4.69) is 0 Å². The van der Waals surface area contributed by atoms with Crippen molar-refractivity contribution in [1.29, 1.82) is 0 Å². The molecule has 3 heteroatoms. The summed E-state index contributed by atoms with van der Waals surface area (Å²) in [5, 5.41) is 0. The Morgan fingerprint density at radius 2 is 1.94 bits per heavy atom. The Balaban J connectivity index is 2.11. The van der Waals surface area contributed by atoms with E-state index in [1.807, 2.05) is 0 Å². The van der Waals surface area contributed by atoms with Gasteiger partial charge >= 0.3 is 0 Å². The molecule has 1 aromatic carbocycles. The van der Waals surface area contributed by atoms with Gasteiger partial charge in [-0.2, -0.15) is 0 Å². The second kappa shape index (κ2) is 4.57. The molecular weight excluding hydrogens is 207 g/mol. The third kappa shape index (κ3) is 2.45. The Morgan fingerprint density at radius 3 is 2.56 bits per heavy atom.